The molecule has 1 aromatic carbocycles. The molecule has 1 amide bonds. The topological polar surface area (TPSA) is 86.8 Å². The number of hydrogen-bond acceptors (Lipinski definition) is 5. The van der Waals surface area contributed by atoms with E-state index in [1.807, 2.05) is 0 Å². The molecule has 1 N–H and O–H groups in total. The van der Waals surface area contributed by atoms with Gasteiger partial charge in [-0.2, -0.15) is 0 Å². The molecule has 144 valence electrons. The van der Waals surface area contributed by atoms with Crippen molar-refractivity contribution < 1.29 is 18.0 Å². The van der Waals surface area contributed by atoms with E-state index in [1.165, 1.54) is 31.2 Å². The highest BCUT2D eigenvalue weighted by atomic mass is 32.2. The quantitative estimate of drug-likeness (QED) is 0.715. The highest BCUT2D eigenvalue weighted by Crippen LogP contribution is 2.11. The first-order chi connectivity index (χ1) is 12.2. The average molecular weight is 381 g/mol. The van der Waals surface area contributed by atoms with Gasteiger partial charge in [0, 0.05) is 50.7 Å². The Bertz CT molecular complexity index is 736. The molecule has 0 bridgehead atoms. The van der Waals surface area contributed by atoms with Crippen LogP contribution in [0.4, 0.5) is 0 Å². The van der Waals surface area contributed by atoms with Crippen LogP contribution in [0.3, 0.4) is 0 Å². The van der Waals surface area contributed by atoms with E-state index in [9.17, 15) is 18.0 Å². The monoisotopic (exact) mass is 381 g/mol. The molecule has 1 aliphatic rings. The van der Waals surface area contributed by atoms with Crippen molar-refractivity contribution >= 4 is 21.7 Å². The van der Waals surface area contributed by atoms with E-state index in [0.717, 1.165) is 13.1 Å². The Morgan fingerprint density at radius 3 is 2.15 bits per heavy atom. The maximum Gasteiger partial charge on any atom is 0.240 e. The first kappa shape index (κ1) is 20.5. The van der Waals surface area contributed by atoms with Crippen LogP contribution in [0.25, 0.3) is 0 Å². The van der Waals surface area contributed by atoms with Crippen molar-refractivity contribution in [1.29, 1.82) is 0 Å². The fourth-order valence-corrected chi connectivity index (χ4v) is 3.92. The van der Waals surface area contributed by atoms with Crippen molar-refractivity contribution in [2.24, 2.45) is 0 Å². The van der Waals surface area contributed by atoms with Crippen LogP contribution in [0.1, 0.15) is 37.6 Å². The van der Waals surface area contributed by atoms with Gasteiger partial charge in [0.15, 0.2) is 5.78 Å². The van der Waals surface area contributed by atoms with Gasteiger partial charge in [-0.3, -0.25) is 14.5 Å². The normalized spacial score (nSPS) is 16.1. The summed E-state index contributed by atoms with van der Waals surface area (Å²) in [7, 11) is -3.69. The molecular weight excluding hydrogens is 354 g/mol. The van der Waals surface area contributed by atoms with E-state index < -0.39 is 10.0 Å². The smallest absolute Gasteiger partial charge is 0.240 e. The maximum atomic E-state index is 12.3. The standard InChI is InChI=1S/C18H27N3O4S/c1-14(2)20-10-12-21(13-11-20)18(23)8-9-19-26(24,25)17-6-4-16(5-7-17)15(3)22/h4-7,14,19H,8-13H2,1-3H3. The zero-order chi connectivity index (χ0) is 19.3. The molecule has 1 heterocycles. The zero-order valence-corrected chi connectivity index (χ0v) is 16.4. The third-order valence-electron chi connectivity index (χ3n) is 4.60. The number of piperazine rings is 1. The second-order valence-corrected chi connectivity index (χ2v) is 8.51. The number of amides is 1. The molecule has 26 heavy (non-hydrogen) atoms. The highest BCUT2D eigenvalue weighted by Gasteiger charge is 2.22. The summed E-state index contributed by atoms with van der Waals surface area (Å²) in [5.41, 5.74) is 0.458. The van der Waals surface area contributed by atoms with Crippen molar-refractivity contribution in [3.8, 4) is 0 Å². The molecule has 0 aliphatic carbocycles. The van der Waals surface area contributed by atoms with Gasteiger partial charge >= 0.3 is 0 Å². The van der Waals surface area contributed by atoms with Gasteiger partial charge < -0.3 is 4.90 Å². The lowest BCUT2D eigenvalue weighted by atomic mass is 10.2. The van der Waals surface area contributed by atoms with Crippen LogP contribution in [0, 0.1) is 0 Å². The van der Waals surface area contributed by atoms with Crippen LogP contribution >= 0.6 is 0 Å². The Kier molecular flexibility index (Phi) is 6.91. The van der Waals surface area contributed by atoms with Gasteiger partial charge in [0.1, 0.15) is 0 Å². The largest absolute Gasteiger partial charge is 0.340 e. The molecule has 0 unspecified atom stereocenters. The summed E-state index contributed by atoms with van der Waals surface area (Å²) in [6.07, 6.45) is 0.131. The van der Waals surface area contributed by atoms with Crippen LogP contribution in [0.5, 0.6) is 0 Å². The molecule has 8 heteroatoms. The number of nitrogens with zero attached hydrogens (tertiary/aromatic N) is 2. The van der Waals surface area contributed by atoms with Gasteiger partial charge in [0.05, 0.1) is 4.90 Å². The summed E-state index contributed by atoms with van der Waals surface area (Å²) >= 11 is 0. The predicted molar refractivity (Wildman–Crippen MR) is 99.5 cm³/mol. The van der Waals surface area contributed by atoms with Crippen LogP contribution in [-0.4, -0.2) is 68.7 Å². The summed E-state index contributed by atoms with van der Waals surface area (Å²) in [4.78, 5) is 27.7. The Hall–Kier alpha value is -1.77. The van der Waals surface area contributed by atoms with E-state index >= 15 is 0 Å². The van der Waals surface area contributed by atoms with Gasteiger partial charge in [0.2, 0.25) is 15.9 Å². The second kappa shape index (κ2) is 8.75. The lowest BCUT2D eigenvalue weighted by Crippen LogP contribution is -2.51. The number of nitrogens with one attached hydrogen (secondary N) is 1. The molecule has 1 aromatic rings. The number of ketones is 1. The van der Waals surface area contributed by atoms with E-state index in [4.69, 9.17) is 0 Å². The van der Waals surface area contributed by atoms with Crippen molar-refractivity contribution in [1.82, 2.24) is 14.5 Å². The number of sulfonamides is 1. The number of Topliss-reactive ketones (excluding diaryl/α,β-unsaturated/α-hetero) is 1. The Labute approximate surface area is 155 Å². The lowest BCUT2D eigenvalue weighted by molar-refractivity contribution is -0.133. The lowest BCUT2D eigenvalue weighted by Gasteiger charge is -2.37. The maximum absolute atomic E-state index is 12.3. The van der Waals surface area contributed by atoms with E-state index in [0.29, 0.717) is 24.7 Å². The third-order valence-corrected chi connectivity index (χ3v) is 6.08. The van der Waals surface area contributed by atoms with Crippen LogP contribution < -0.4 is 4.72 Å². The third kappa shape index (κ3) is 5.36. The van der Waals surface area contributed by atoms with Crippen molar-refractivity contribution in [2.45, 2.75) is 38.1 Å². The molecule has 0 radical (unpaired) electrons. The Morgan fingerprint density at radius 1 is 1.08 bits per heavy atom. The molecule has 0 atom stereocenters. The average Bonchev–Trinajstić information content (AvgIpc) is 2.61. The van der Waals surface area contributed by atoms with Gasteiger partial charge in [-0.15, -0.1) is 0 Å². The van der Waals surface area contributed by atoms with Crippen LogP contribution in [-0.2, 0) is 14.8 Å². The van der Waals surface area contributed by atoms with E-state index in [-0.39, 0.29) is 29.6 Å². The highest BCUT2D eigenvalue weighted by molar-refractivity contribution is 7.89. The number of rotatable bonds is 7. The molecule has 1 aliphatic heterocycles. The SMILES string of the molecule is CC(=O)c1ccc(S(=O)(=O)NCCC(=O)N2CCN(C(C)C)CC2)cc1. The van der Waals surface area contributed by atoms with Gasteiger partial charge in [-0.25, -0.2) is 13.1 Å². The molecule has 2 rings (SSSR count). The first-order valence-electron chi connectivity index (χ1n) is 8.83. The van der Waals surface area contributed by atoms with Gasteiger partial charge in [0.25, 0.3) is 0 Å². The summed E-state index contributed by atoms with van der Waals surface area (Å²) in [5, 5.41) is 0. The number of carbonyl (C=O) groups is 2. The first-order valence-corrected chi connectivity index (χ1v) is 10.3. The molecule has 0 saturated carbocycles. The summed E-state index contributed by atoms with van der Waals surface area (Å²) in [6, 6.07) is 6.22. The van der Waals surface area contributed by atoms with Crippen molar-refractivity contribution in [2.75, 3.05) is 32.7 Å². The van der Waals surface area contributed by atoms with E-state index in [2.05, 4.69) is 23.5 Å². The molecule has 7 nitrogen and oxygen atoms in total. The zero-order valence-electron chi connectivity index (χ0n) is 15.6. The van der Waals surface area contributed by atoms with Crippen LogP contribution in [0.2, 0.25) is 0 Å². The minimum atomic E-state index is -3.69. The summed E-state index contributed by atoms with van der Waals surface area (Å²) < 4.78 is 27.0. The second-order valence-electron chi connectivity index (χ2n) is 6.74. The molecule has 1 saturated heterocycles. The number of carbonyl (C=O) groups excluding carboxylic acids is 2. The fourth-order valence-electron chi connectivity index (χ4n) is 2.89. The van der Waals surface area contributed by atoms with Crippen molar-refractivity contribution in [3.05, 3.63) is 29.8 Å². The number of benzene rings is 1. The van der Waals surface area contributed by atoms with Gasteiger partial charge in [-0.1, -0.05) is 12.1 Å². The molecule has 0 aromatic heterocycles. The Morgan fingerprint density at radius 2 is 1.65 bits per heavy atom. The fraction of sp³-hybridized carbons (Fsp3) is 0.556. The van der Waals surface area contributed by atoms with Crippen molar-refractivity contribution in [3.63, 3.8) is 0 Å². The molecule has 0 spiro atoms. The number of hydrogen-bond donors (Lipinski definition) is 1. The molecule has 1 fully saturated rings. The van der Waals surface area contributed by atoms with E-state index in [1.54, 1.807) is 4.90 Å². The minimum Gasteiger partial charge on any atom is -0.340 e. The minimum absolute atomic E-state index is 0.0389. The molecular formula is C18H27N3O4S. The van der Waals surface area contributed by atoms with Gasteiger partial charge in [-0.05, 0) is 32.9 Å². The Balaban J connectivity index is 1.82. The predicted octanol–water partition coefficient (Wildman–Crippen LogP) is 1.11. The van der Waals surface area contributed by atoms with Crippen LogP contribution in [0.15, 0.2) is 29.2 Å². The summed E-state index contributed by atoms with van der Waals surface area (Å²) in [6.45, 7) is 8.79. The summed E-state index contributed by atoms with van der Waals surface area (Å²) in [5.74, 6) is -0.159.